The fraction of sp³-hybridized carbons (Fsp3) is 0.588. The molecule has 1 aliphatic heterocycles. The number of benzene rings is 1. The largest absolute Gasteiger partial charge is 0.416 e. The number of guanidine groups is 1. The number of hydrogen-bond donors (Lipinski definition) is 2. The van der Waals surface area contributed by atoms with E-state index in [1.807, 2.05) is 13.8 Å². The van der Waals surface area contributed by atoms with Crippen molar-refractivity contribution in [3.63, 3.8) is 0 Å². The van der Waals surface area contributed by atoms with Crippen LogP contribution in [0.1, 0.15) is 37.8 Å². The highest BCUT2D eigenvalue weighted by atomic mass is 19.4. The van der Waals surface area contributed by atoms with Gasteiger partial charge in [0.25, 0.3) is 0 Å². The van der Waals surface area contributed by atoms with E-state index in [9.17, 15) is 13.2 Å². The van der Waals surface area contributed by atoms with E-state index in [4.69, 9.17) is 4.74 Å². The molecule has 0 saturated carbocycles. The molecule has 7 heteroatoms. The monoisotopic (exact) mass is 343 g/mol. The van der Waals surface area contributed by atoms with Crippen molar-refractivity contribution in [3.05, 3.63) is 35.4 Å². The Kier molecular flexibility index (Phi) is 6.10. The molecule has 1 aliphatic rings. The molecule has 4 nitrogen and oxygen atoms in total. The van der Waals surface area contributed by atoms with Crippen LogP contribution in [0, 0.1) is 0 Å². The van der Waals surface area contributed by atoms with Crippen molar-refractivity contribution in [2.24, 2.45) is 4.99 Å². The maximum atomic E-state index is 12.7. The summed E-state index contributed by atoms with van der Waals surface area (Å²) in [5, 5.41) is 6.31. The van der Waals surface area contributed by atoms with Crippen LogP contribution in [0.2, 0.25) is 0 Å². The number of hydrogen-bond acceptors (Lipinski definition) is 2. The minimum Gasteiger partial charge on any atom is -0.373 e. The molecule has 1 fully saturated rings. The maximum Gasteiger partial charge on any atom is 0.416 e. The topological polar surface area (TPSA) is 45.7 Å². The van der Waals surface area contributed by atoms with Gasteiger partial charge in [0, 0.05) is 19.7 Å². The van der Waals surface area contributed by atoms with Gasteiger partial charge in [-0.3, -0.25) is 0 Å². The van der Waals surface area contributed by atoms with Gasteiger partial charge in [0.1, 0.15) is 0 Å². The minimum atomic E-state index is -4.34. The third-order valence-corrected chi connectivity index (χ3v) is 3.95. The molecule has 0 amide bonds. The molecule has 2 N–H and O–H groups in total. The first-order chi connectivity index (χ1) is 11.3. The first-order valence-electron chi connectivity index (χ1n) is 8.15. The minimum absolute atomic E-state index is 0.177. The molecule has 0 aromatic heterocycles. The van der Waals surface area contributed by atoms with Gasteiger partial charge in [-0.25, -0.2) is 4.99 Å². The van der Waals surface area contributed by atoms with Crippen LogP contribution in [0.3, 0.4) is 0 Å². The van der Waals surface area contributed by atoms with Crippen molar-refractivity contribution in [2.45, 2.75) is 45.0 Å². The molecule has 0 spiro atoms. The van der Waals surface area contributed by atoms with Gasteiger partial charge in [-0.2, -0.15) is 13.2 Å². The van der Waals surface area contributed by atoms with E-state index >= 15 is 0 Å². The summed E-state index contributed by atoms with van der Waals surface area (Å²) in [6.07, 6.45) is -2.32. The van der Waals surface area contributed by atoms with Crippen LogP contribution in [0.5, 0.6) is 0 Å². The van der Waals surface area contributed by atoms with E-state index in [1.54, 1.807) is 6.07 Å². The van der Waals surface area contributed by atoms with Crippen molar-refractivity contribution >= 4 is 5.96 Å². The Morgan fingerprint density at radius 2 is 2.12 bits per heavy atom. The van der Waals surface area contributed by atoms with Crippen molar-refractivity contribution in [1.82, 2.24) is 10.6 Å². The predicted molar refractivity (Wildman–Crippen MR) is 87.9 cm³/mol. The molecule has 1 unspecified atom stereocenters. The summed E-state index contributed by atoms with van der Waals surface area (Å²) in [5.41, 5.74) is -0.350. The van der Waals surface area contributed by atoms with Crippen molar-refractivity contribution in [1.29, 1.82) is 0 Å². The molecule has 1 heterocycles. The molecule has 2 rings (SSSR count). The lowest BCUT2D eigenvalue weighted by atomic mass is 10.0. The average Bonchev–Trinajstić information content (AvgIpc) is 2.97. The third-order valence-electron chi connectivity index (χ3n) is 3.95. The summed E-state index contributed by atoms with van der Waals surface area (Å²) in [7, 11) is 0. The van der Waals surface area contributed by atoms with E-state index in [0.29, 0.717) is 24.6 Å². The lowest BCUT2D eigenvalue weighted by molar-refractivity contribution is -0.137. The highest BCUT2D eigenvalue weighted by Gasteiger charge is 2.31. The van der Waals surface area contributed by atoms with Crippen LogP contribution in [-0.2, 0) is 17.5 Å². The van der Waals surface area contributed by atoms with E-state index < -0.39 is 11.7 Å². The first kappa shape index (κ1) is 18.6. The van der Waals surface area contributed by atoms with Gasteiger partial charge in [0.05, 0.1) is 17.7 Å². The van der Waals surface area contributed by atoms with Crippen LogP contribution in [0.25, 0.3) is 0 Å². The Balaban J connectivity index is 2.00. The Morgan fingerprint density at radius 3 is 2.75 bits per heavy atom. The SMILES string of the molecule is CCNC(=NCc1cccc(C(F)(F)F)c1)NCC1(C)CCCO1. The van der Waals surface area contributed by atoms with Crippen LogP contribution >= 0.6 is 0 Å². The van der Waals surface area contributed by atoms with Crippen molar-refractivity contribution < 1.29 is 17.9 Å². The zero-order valence-electron chi connectivity index (χ0n) is 14.0. The second kappa shape index (κ2) is 7.88. The van der Waals surface area contributed by atoms with Crippen LogP contribution in [0.15, 0.2) is 29.3 Å². The smallest absolute Gasteiger partial charge is 0.373 e. The molecular weight excluding hydrogens is 319 g/mol. The molecule has 0 aliphatic carbocycles. The van der Waals surface area contributed by atoms with Crippen LogP contribution in [0.4, 0.5) is 13.2 Å². The number of nitrogens with one attached hydrogen (secondary N) is 2. The highest BCUT2D eigenvalue weighted by Crippen LogP contribution is 2.29. The predicted octanol–water partition coefficient (Wildman–Crippen LogP) is 3.33. The summed E-state index contributed by atoms with van der Waals surface area (Å²) in [6.45, 7) is 6.21. The summed E-state index contributed by atoms with van der Waals surface area (Å²) < 4.78 is 44.0. The molecule has 0 bridgehead atoms. The Bertz CT molecular complexity index is 566. The fourth-order valence-electron chi connectivity index (χ4n) is 2.61. The normalized spacial score (nSPS) is 21.8. The fourth-order valence-corrected chi connectivity index (χ4v) is 2.61. The Morgan fingerprint density at radius 1 is 1.33 bits per heavy atom. The van der Waals surface area contributed by atoms with E-state index in [0.717, 1.165) is 31.6 Å². The first-order valence-corrected chi connectivity index (χ1v) is 8.15. The van der Waals surface area contributed by atoms with E-state index in [2.05, 4.69) is 15.6 Å². The molecule has 0 radical (unpaired) electrons. The van der Waals surface area contributed by atoms with E-state index in [-0.39, 0.29) is 12.1 Å². The maximum absolute atomic E-state index is 12.7. The van der Waals surface area contributed by atoms with Crippen molar-refractivity contribution in [3.8, 4) is 0 Å². The quantitative estimate of drug-likeness (QED) is 0.637. The zero-order valence-corrected chi connectivity index (χ0v) is 14.0. The van der Waals surface area contributed by atoms with Crippen LogP contribution < -0.4 is 10.6 Å². The van der Waals surface area contributed by atoms with Gasteiger partial charge < -0.3 is 15.4 Å². The Labute approximate surface area is 140 Å². The van der Waals surface area contributed by atoms with Gasteiger partial charge in [-0.15, -0.1) is 0 Å². The molecular formula is C17H24F3N3O. The molecule has 1 aromatic rings. The van der Waals surface area contributed by atoms with Crippen molar-refractivity contribution in [2.75, 3.05) is 19.7 Å². The second-order valence-corrected chi connectivity index (χ2v) is 6.15. The Hall–Kier alpha value is -1.76. The van der Waals surface area contributed by atoms with Gasteiger partial charge in [-0.05, 0) is 44.4 Å². The standard InChI is InChI=1S/C17H24F3N3O/c1-3-21-15(23-12-16(2)8-5-9-24-16)22-11-13-6-4-7-14(10-13)17(18,19)20/h4,6-7,10H,3,5,8-9,11-12H2,1-2H3,(H2,21,22,23). The lowest BCUT2D eigenvalue weighted by Gasteiger charge is -2.24. The zero-order chi connectivity index (χ0) is 17.6. The summed E-state index contributed by atoms with van der Waals surface area (Å²) >= 11 is 0. The second-order valence-electron chi connectivity index (χ2n) is 6.15. The average molecular weight is 343 g/mol. The highest BCUT2D eigenvalue weighted by molar-refractivity contribution is 5.79. The number of halogens is 3. The van der Waals surface area contributed by atoms with Gasteiger partial charge in [0.15, 0.2) is 5.96 Å². The van der Waals surface area contributed by atoms with Gasteiger partial charge in [0.2, 0.25) is 0 Å². The number of nitrogens with zero attached hydrogens (tertiary/aromatic N) is 1. The molecule has 1 aromatic carbocycles. The molecule has 1 saturated heterocycles. The lowest BCUT2D eigenvalue weighted by Crippen LogP contribution is -2.45. The summed E-state index contributed by atoms with van der Waals surface area (Å²) in [6, 6.07) is 5.24. The number of aliphatic imine (C=N–C) groups is 1. The molecule has 24 heavy (non-hydrogen) atoms. The molecule has 1 atom stereocenters. The number of alkyl halides is 3. The summed E-state index contributed by atoms with van der Waals surface area (Å²) in [5.74, 6) is 0.576. The third kappa shape index (κ3) is 5.40. The number of ether oxygens (including phenoxy) is 1. The van der Waals surface area contributed by atoms with Crippen LogP contribution in [-0.4, -0.2) is 31.3 Å². The van der Waals surface area contributed by atoms with E-state index in [1.165, 1.54) is 6.07 Å². The molecule has 134 valence electrons. The van der Waals surface area contributed by atoms with Gasteiger partial charge >= 0.3 is 6.18 Å². The number of rotatable bonds is 5. The summed E-state index contributed by atoms with van der Waals surface area (Å²) in [4.78, 5) is 4.37. The van der Waals surface area contributed by atoms with Gasteiger partial charge in [-0.1, -0.05) is 12.1 Å².